The SMILES string of the molecule is CC(C)(C)OC(=O)N1CCc2c1cc(SOOO)c1[nH]c(C(=O)Oc3c(F)c(F)c(F)c(F)c3F)cc21. The van der Waals surface area contributed by atoms with Crippen LogP contribution in [-0.4, -0.2) is 34.4 Å². The smallest absolute Gasteiger partial charge is 0.414 e. The predicted octanol–water partition coefficient (Wildman–Crippen LogP) is 5.81. The summed E-state index contributed by atoms with van der Waals surface area (Å²) >= 11 is 0.487. The molecule has 0 atom stereocenters. The maximum atomic E-state index is 14.0. The fourth-order valence-corrected chi connectivity index (χ4v) is 4.22. The van der Waals surface area contributed by atoms with E-state index in [0.717, 1.165) is 0 Å². The van der Waals surface area contributed by atoms with E-state index in [2.05, 4.69) is 19.1 Å². The van der Waals surface area contributed by atoms with Gasteiger partial charge in [0, 0.05) is 11.9 Å². The van der Waals surface area contributed by atoms with Crippen molar-refractivity contribution in [3.05, 3.63) is 52.5 Å². The number of nitrogens with zero attached hydrogens (tertiary/aromatic N) is 1. The van der Waals surface area contributed by atoms with E-state index in [1.54, 1.807) is 20.8 Å². The number of benzene rings is 2. The van der Waals surface area contributed by atoms with Crippen molar-refractivity contribution in [1.82, 2.24) is 4.98 Å². The first kappa shape index (κ1) is 26.7. The molecule has 2 aromatic carbocycles. The first-order valence-corrected chi connectivity index (χ1v) is 11.2. The Labute approximate surface area is 209 Å². The zero-order chi connectivity index (χ0) is 27.2. The molecule has 0 bridgehead atoms. The van der Waals surface area contributed by atoms with E-state index >= 15 is 0 Å². The monoisotopic (exact) mass is 548 g/mol. The van der Waals surface area contributed by atoms with Gasteiger partial charge in [-0.2, -0.15) is 8.78 Å². The highest BCUT2D eigenvalue weighted by atomic mass is 32.2. The summed E-state index contributed by atoms with van der Waals surface area (Å²) in [5, 5.41) is 12.5. The summed E-state index contributed by atoms with van der Waals surface area (Å²) in [7, 11) is 0. The van der Waals surface area contributed by atoms with Gasteiger partial charge in [-0.25, -0.2) is 28.0 Å². The van der Waals surface area contributed by atoms with E-state index < -0.39 is 58.2 Å². The molecule has 37 heavy (non-hydrogen) atoms. The number of amides is 1. The quantitative estimate of drug-likeness (QED) is 0.0601. The molecule has 1 aliphatic heterocycles. The van der Waals surface area contributed by atoms with Crippen LogP contribution in [0.2, 0.25) is 0 Å². The van der Waals surface area contributed by atoms with E-state index in [-0.39, 0.29) is 17.0 Å². The zero-order valence-corrected chi connectivity index (χ0v) is 20.0. The van der Waals surface area contributed by atoms with Gasteiger partial charge in [0.2, 0.25) is 34.8 Å². The summed E-state index contributed by atoms with van der Waals surface area (Å²) < 4.78 is 82.7. The summed E-state index contributed by atoms with van der Waals surface area (Å²) in [6, 6.07) is 2.69. The molecule has 198 valence electrons. The van der Waals surface area contributed by atoms with Crippen molar-refractivity contribution in [1.29, 1.82) is 0 Å². The Bertz CT molecular complexity index is 1390. The number of rotatable bonds is 5. The van der Waals surface area contributed by atoms with Gasteiger partial charge in [0.05, 0.1) is 28.1 Å². The van der Waals surface area contributed by atoms with Crippen LogP contribution in [0.15, 0.2) is 17.0 Å². The molecule has 0 saturated heterocycles. The number of aromatic amines is 1. The van der Waals surface area contributed by atoms with Crippen LogP contribution in [0.4, 0.5) is 32.4 Å². The van der Waals surface area contributed by atoms with Crippen molar-refractivity contribution < 1.29 is 55.6 Å². The molecule has 1 aliphatic rings. The number of carbonyl (C=O) groups is 2. The summed E-state index contributed by atoms with van der Waals surface area (Å²) in [5.74, 6) is -14.8. The molecule has 1 aromatic heterocycles. The Hall–Kier alpha value is -3.40. The van der Waals surface area contributed by atoms with Crippen LogP contribution >= 0.6 is 12.0 Å². The van der Waals surface area contributed by atoms with Gasteiger partial charge in [-0.3, -0.25) is 4.90 Å². The van der Waals surface area contributed by atoms with Gasteiger partial charge >= 0.3 is 12.1 Å². The van der Waals surface area contributed by atoms with Crippen LogP contribution in [0.3, 0.4) is 0 Å². The zero-order valence-electron chi connectivity index (χ0n) is 19.2. The van der Waals surface area contributed by atoms with Gasteiger partial charge in [0.25, 0.3) is 0 Å². The first-order chi connectivity index (χ1) is 17.3. The van der Waals surface area contributed by atoms with Crippen molar-refractivity contribution in [3.8, 4) is 5.75 Å². The molecule has 0 unspecified atom stereocenters. The Kier molecular flexibility index (Phi) is 7.07. The maximum Gasteiger partial charge on any atom is 0.414 e. The molecule has 0 fully saturated rings. The molecule has 1 amide bonds. The second-order valence-corrected chi connectivity index (χ2v) is 9.48. The van der Waals surface area contributed by atoms with Crippen LogP contribution in [0.1, 0.15) is 36.8 Å². The lowest BCUT2D eigenvalue weighted by atomic mass is 10.1. The third kappa shape index (κ3) is 4.94. The minimum Gasteiger partial charge on any atom is -0.443 e. The summed E-state index contributed by atoms with van der Waals surface area (Å²) in [4.78, 5) is 29.5. The Morgan fingerprint density at radius 3 is 2.24 bits per heavy atom. The highest BCUT2D eigenvalue weighted by Crippen LogP contribution is 2.41. The number of anilines is 1. The molecule has 0 radical (unpaired) electrons. The van der Waals surface area contributed by atoms with Crippen LogP contribution in [-0.2, 0) is 20.5 Å². The van der Waals surface area contributed by atoms with Crippen LogP contribution in [0.5, 0.6) is 5.75 Å². The first-order valence-electron chi connectivity index (χ1n) is 10.4. The van der Waals surface area contributed by atoms with E-state index in [1.807, 2.05) is 0 Å². The fraction of sp³-hybridized carbons (Fsp3) is 0.273. The highest BCUT2D eigenvalue weighted by molar-refractivity contribution is 7.94. The third-order valence-corrected chi connectivity index (χ3v) is 5.83. The number of halogens is 5. The summed E-state index contributed by atoms with van der Waals surface area (Å²) in [5.41, 5.74) is -0.0540. The van der Waals surface area contributed by atoms with E-state index in [9.17, 15) is 31.5 Å². The normalized spacial score (nSPS) is 13.3. The Balaban J connectivity index is 1.76. The highest BCUT2D eigenvalue weighted by Gasteiger charge is 2.33. The molecule has 0 saturated carbocycles. The van der Waals surface area contributed by atoms with Gasteiger partial charge in [0.15, 0.2) is 0 Å². The fourth-order valence-electron chi connectivity index (χ4n) is 3.71. The average Bonchev–Trinajstić information content (AvgIpc) is 3.46. The van der Waals surface area contributed by atoms with Gasteiger partial charge in [0.1, 0.15) is 11.3 Å². The number of nitrogens with one attached hydrogen (secondary N) is 1. The lowest BCUT2D eigenvalue weighted by molar-refractivity contribution is -0.432. The number of hydrogen-bond donors (Lipinski definition) is 2. The number of fused-ring (bicyclic) bond motifs is 3. The van der Waals surface area contributed by atoms with Gasteiger partial charge < -0.3 is 14.5 Å². The Morgan fingerprint density at radius 1 is 1.03 bits per heavy atom. The summed E-state index contributed by atoms with van der Waals surface area (Å²) in [6.07, 6.45) is -0.334. The lowest BCUT2D eigenvalue weighted by Crippen LogP contribution is -2.35. The van der Waals surface area contributed by atoms with E-state index in [0.29, 0.717) is 35.1 Å². The van der Waals surface area contributed by atoms with Crippen molar-refractivity contribution in [2.45, 2.75) is 37.7 Å². The second kappa shape index (κ2) is 9.81. The number of esters is 1. The average molecular weight is 548 g/mol. The molecule has 0 aliphatic carbocycles. The maximum absolute atomic E-state index is 14.0. The topological polar surface area (TPSA) is 110 Å². The number of ether oxygens (including phenoxy) is 2. The van der Waals surface area contributed by atoms with E-state index in [1.165, 1.54) is 17.0 Å². The van der Waals surface area contributed by atoms with Crippen molar-refractivity contribution in [2.75, 3.05) is 11.4 Å². The number of carbonyl (C=O) groups excluding carboxylic acids is 2. The molecule has 2 N–H and O–H groups in total. The minimum absolute atomic E-state index is 0.188. The summed E-state index contributed by atoms with van der Waals surface area (Å²) in [6.45, 7) is 5.27. The number of aromatic nitrogens is 1. The standard InChI is InChI=1S/C22H17F5N2O7S/c1-22(2,3)34-21(31)29-5-4-8-9-6-10(28-18(9)12(7-11(8)29)37-36-35-32)20(30)33-19-16(26)14(24)13(23)15(25)17(19)27/h6-7,28,32H,4-5H2,1-3H3. The van der Waals surface area contributed by atoms with Crippen LogP contribution in [0, 0.1) is 29.1 Å². The molecule has 4 rings (SSSR count). The molecule has 2 heterocycles. The molecule has 0 spiro atoms. The van der Waals surface area contributed by atoms with Gasteiger partial charge in [-0.1, -0.05) is 5.04 Å². The largest absolute Gasteiger partial charge is 0.443 e. The van der Waals surface area contributed by atoms with E-state index in [4.69, 9.17) is 9.99 Å². The van der Waals surface area contributed by atoms with Gasteiger partial charge in [-0.15, -0.1) is 4.33 Å². The molecule has 3 aromatic rings. The second-order valence-electron chi connectivity index (χ2n) is 8.74. The molecule has 15 heteroatoms. The number of hydrogen-bond acceptors (Lipinski definition) is 8. The van der Waals surface area contributed by atoms with Crippen molar-refractivity contribution in [2.24, 2.45) is 0 Å². The van der Waals surface area contributed by atoms with Crippen molar-refractivity contribution in [3.63, 3.8) is 0 Å². The molecular formula is C22H17F5N2O7S. The van der Waals surface area contributed by atoms with Crippen LogP contribution in [0.25, 0.3) is 10.9 Å². The molecular weight excluding hydrogens is 531 g/mol. The van der Waals surface area contributed by atoms with Crippen molar-refractivity contribution >= 4 is 40.7 Å². The lowest BCUT2D eigenvalue weighted by Gasteiger charge is -2.25. The number of H-pyrrole nitrogens is 1. The predicted molar refractivity (Wildman–Crippen MR) is 117 cm³/mol. The van der Waals surface area contributed by atoms with Gasteiger partial charge in [-0.05, 0) is 44.9 Å². The minimum atomic E-state index is -2.40. The van der Waals surface area contributed by atoms with Crippen LogP contribution < -0.4 is 9.64 Å². The third-order valence-electron chi connectivity index (χ3n) is 5.19. The molecule has 9 nitrogen and oxygen atoms in total. The Morgan fingerprint density at radius 2 is 1.65 bits per heavy atom.